The van der Waals surface area contributed by atoms with Crippen LogP contribution in [-0.4, -0.2) is 45.1 Å². The van der Waals surface area contributed by atoms with Gasteiger partial charge in [-0.2, -0.15) is 0 Å². The van der Waals surface area contributed by atoms with Crippen molar-refractivity contribution in [2.45, 2.75) is 19.8 Å². The first-order valence-electron chi connectivity index (χ1n) is 11.0. The van der Waals surface area contributed by atoms with Gasteiger partial charge in [0.1, 0.15) is 11.4 Å². The molecule has 2 aromatic heterocycles. The van der Waals surface area contributed by atoms with Crippen molar-refractivity contribution in [1.29, 1.82) is 0 Å². The summed E-state index contributed by atoms with van der Waals surface area (Å²) in [6.07, 6.45) is 2.92. The number of hydrogen-bond donors (Lipinski definition) is 2. The Bertz CT molecular complexity index is 1330. The van der Waals surface area contributed by atoms with E-state index in [2.05, 4.69) is 9.97 Å². The van der Waals surface area contributed by atoms with Gasteiger partial charge in [0.2, 0.25) is 0 Å². The third kappa shape index (κ3) is 5.10. The Kier molecular flexibility index (Phi) is 6.94. The highest BCUT2D eigenvalue weighted by Crippen LogP contribution is 2.28. The number of aromatic nitrogens is 2. The number of nitrogens with zero attached hydrogens (tertiary/aromatic N) is 2. The Morgan fingerprint density at radius 3 is 2.18 bits per heavy atom. The molecule has 2 heterocycles. The van der Waals surface area contributed by atoms with E-state index < -0.39 is 5.97 Å². The van der Waals surface area contributed by atoms with Gasteiger partial charge in [-0.25, -0.2) is 14.8 Å². The van der Waals surface area contributed by atoms with Gasteiger partial charge in [0.05, 0.1) is 17.8 Å². The van der Waals surface area contributed by atoms with Gasteiger partial charge in [-0.15, -0.1) is 0 Å². The summed E-state index contributed by atoms with van der Waals surface area (Å²) in [5, 5.41) is 18.6. The zero-order valence-electron chi connectivity index (χ0n) is 18.7. The second kappa shape index (κ2) is 10.2. The molecule has 0 radical (unpaired) electrons. The molecule has 0 bridgehead atoms. The molecule has 0 spiro atoms. The summed E-state index contributed by atoms with van der Waals surface area (Å²) in [4.78, 5) is 32.1. The maximum absolute atomic E-state index is 12.2. The third-order valence-electron chi connectivity index (χ3n) is 5.48. The topological polar surface area (TPSA) is 110 Å². The molecule has 4 aromatic rings. The lowest BCUT2D eigenvalue weighted by Crippen LogP contribution is -2.03. The molecule has 0 aliphatic rings. The Hall–Kier alpha value is -4.10. The van der Waals surface area contributed by atoms with Crippen molar-refractivity contribution in [1.82, 2.24) is 9.97 Å². The highest BCUT2D eigenvalue weighted by molar-refractivity contribution is 6.07. The van der Waals surface area contributed by atoms with Crippen LogP contribution in [0.15, 0.2) is 66.9 Å². The summed E-state index contributed by atoms with van der Waals surface area (Å²) in [6, 6.07) is 18.7. The molecular weight excluding hydrogens is 432 g/mol. The summed E-state index contributed by atoms with van der Waals surface area (Å²) < 4.78 is 5.68. The predicted molar refractivity (Wildman–Crippen MR) is 129 cm³/mol. The number of carboxylic acid groups (broad SMARTS) is 1. The number of benzene rings is 2. The fourth-order valence-electron chi connectivity index (χ4n) is 3.66. The van der Waals surface area contributed by atoms with Crippen molar-refractivity contribution < 1.29 is 24.5 Å². The van der Waals surface area contributed by atoms with Crippen molar-refractivity contribution in [3.05, 3.63) is 78.1 Å². The van der Waals surface area contributed by atoms with Crippen LogP contribution in [-0.2, 0) is 0 Å². The van der Waals surface area contributed by atoms with E-state index in [0.29, 0.717) is 28.8 Å². The molecule has 0 saturated heterocycles. The second-order valence-corrected chi connectivity index (χ2v) is 7.88. The summed E-state index contributed by atoms with van der Waals surface area (Å²) in [5.74, 6) is -0.510. The van der Waals surface area contributed by atoms with Gasteiger partial charge >= 0.3 is 5.97 Å². The summed E-state index contributed by atoms with van der Waals surface area (Å²) >= 11 is 0. The van der Waals surface area contributed by atoms with Gasteiger partial charge in [0.15, 0.2) is 5.78 Å². The number of pyridine rings is 2. The minimum absolute atomic E-state index is 0.122. The third-order valence-corrected chi connectivity index (χ3v) is 5.48. The van der Waals surface area contributed by atoms with Crippen molar-refractivity contribution in [2.24, 2.45) is 0 Å². The first kappa shape index (κ1) is 23.1. The van der Waals surface area contributed by atoms with Gasteiger partial charge < -0.3 is 14.9 Å². The first-order chi connectivity index (χ1) is 16.5. The van der Waals surface area contributed by atoms with Crippen molar-refractivity contribution in [3.63, 3.8) is 0 Å². The van der Waals surface area contributed by atoms with Crippen molar-refractivity contribution in [2.75, 3.05) is 13.2 Å². The van der Waals surface area contributed by atoms with E-state index in [0.717, 1.165) is 35.3 Å². The Morgan fingerprint density at radius 1 is 0.912 bits per heavy atom. The number of hydrogen-bond acceptors (Lipinski definition) is 6. The van der Waals surface area contributed by atoms with Crippen LogP contribution < -0.4 is 4.74 Å². The number of carbonyl (C=O) groups is 2. The molecule has 0 fully saturated rings. The molecule has 7 heteroatoms. The zero-order valence-corrected chi connectivity index (χ0v) is 18.7. The number of carbonyl (C=O) groups excluding carboxylic acids is 1. The number of aliphatic hydroxyl groups excluding tert-OH is 1. The maximum Gasteiger partial charge on any atom is 0.354 e. The number of rotatable bonds is 9. The lowest BCUT2D eigenvalue weighted by molar-refractivity contribution is 0.0690. The molecule has 0 aliphatic heterocycles. The van der Waals surface area contributed by atoms with E-state index in [1.807, 2.05) is 48.5 Å². The van der Waals surface area contributed by atoms with E-state index in [4.69, 9.17) is 9.84 Å². The van der Waals surface area contributed by atoms with Crippen molar-refractivity contribution in [3.8, 4) is 28.1 Å². The molecule has 0 amide bonds. The molecule has 4 rings (SSSR count). The summed E-state index contributed by atoms with van der Waals surface area (Å²) in [6.45, 7) is 2.20. The van der Waals surface area contributed by atoms with Crippen LogP contribution >= 0.6 is 0 Å². The van der Waals surface area contributed by atoms with Crippen LogP contribution in [0.4, 0.5) is 0 Å². The van der Waals surface area contributed by atoms with Crippen LogP contribution in [0, 0.1) is 0 Å². The van der Waals surface area contributed by atoms with E-state index >= 15 is 0 Å². The number of ether oxygens (including phenoxy) is 1. The quantitative estimate of drug-likeness (QED) is 0.269. The minimum atomic E-state index is -1.15. The largest absolute Gasteiger partial charge is 0.494 e. The number of fused-ring (bicyclic) bond motifs is 1. The molecule has 0 unspecified atom stereocenters. The summed E-state index contributed by atoms with van der Waals surface area (Å²) in [5.41, 5.74) is 4.17. The number of Topliss-reactive ketones (excluding diaryl/α,β-unsaturated/α-hetero) is 1. The van der Waals surface area contributed by atoms with Gasteiger partial charge in [-0.3, -0.25) is 4.79 Å². The Morgan fingerprint density at radius 2 is 1.56 bits per heavy atom. The lowest BCUT2D eigenvalue weighted by Gasteiger charge is -2.10. The molecule has 0 atom stereocenters. The smallest absolute Gasteiger partial charge is 0.354 e. The monoisotopic (exact) mass is 456 g/mol. The standard InChI is InChI=1S/C27H24N2O5/c1-17(31)22-14-24(29-25-15-26(27(32)33)28-16-23(22)25)20-6-4-18(5-7-20)19-8-10-21(11-9-19)34-13-3-2-12-30/h4-11,14-16,30H,2-3,12-13H2,1H3,(H,32,33). The summed E-state index contributed by atoms with van der Waals surface area (Å²) in [7, 11) is 0. The SMILES string of the molecule is CC(=O)c1cc(-c2ccc(-c3ccc(OCCCCO)cc3)cc2)nc2cc(C(=O)O)ncc12. The molecule has 2 N–H and O–H groups in total. The van der Waals surface area contributed by atoms with Crippen LogP contribution in [0.3, 0.4) is 0 Å². The second-order valence-electron chi connectivity index (χ2n) is 7.88. The van der Waals surface area contributed by atoms with Gasteiger partial charge in [0, 0.05) is 29.3 Å². The van der Waals surface area contributed by atoms with Crippen LogP contribution in [0.5, 0.6) is 5.75 Å². The molecule has 7 nitrogen and oxygen atoms in total. The maximum atomic E-state index is 12.2. The molecular formula is C27H24N2O5. The molecule has 0 aliphatic carbocycles. The molecule has 34 heavy (non-hydrogen) atoms. The molecule has 172 valence electrons. The fourth-order valence-corrected chi connectivity index (χ4v) is 3.66. The zero-order chi connectivity index (χ0) is 24.1. The van der Waals surface area contributed by atoms with Crippen molar-refractivity contribution >= 4 is 22.7 Å². The number of ketones is 1. The highest BCUT2D eigenvalue weighted by atomic mass is 16.5. The van der Waals surface area contributed by atoms with E-state index in [1.54, 1.807) is 6.07 Å². The van der Waals surface area contributed by atoms with Gasteiger partial charge in [-0.1, -0.05) is 36.4 Å². The van der Waals surface area contributed by atoms with E-state index in [9.17, 15) is 14.7 Å². The predicted octanol–water partition coefficient (Wildman–Crippen LogP) is 5.02. The average Bonchev–Trinajstić information content (AvgIpc) is 2.86. The number of unbranched alkanes of at least 4 members (excludes halogenated alkanes) is 1. The Balaban J connectivity index is 1.60. The average molecular weight is 456 g/mol. The van der Waals surface area contributed by atoms with Gasteiger partial charge in [0.25, 0.3) is 0 Å². The molecule has 2 aromatic carbocycles. The number of carboxylic acids is 1. The lowest BCUT2D eigenvalue weighted by atomic mass is 10.00. The van der Waals surface area contributed by atoms with Gasteiger partial charge in [-0.05, 0) is 55.2 Å². The van der Waals surface area contributed by atoms with E-state index in [-0.39, 0.29) is 18.1 Å². The Labute approximate surface area is 196 Å². The fraction of sp³-hybridized carbons (Fsp3) is 0.185. The minimum Gasteiger partial charge on any atom is -0.494 e. The highest BCUT2D eigenvalue weighted by Gasteiger charge is 2.14. The normalized spacial score (nSPS) is 10.9. The number of aromatic carboxylic acids is 1. The number of aliphatic hydroxyl groups is 1. The van der Waals surface area contributed by atoms with Crippen LogP contribution in [0.2, 0.25) is 0 Å². The first-order valence-corrected chi connectivity index (χ1v) is 11.0. The van der Waals surface area contributed by atoms with Crippen LogP contribution in [0.1, 0.15) is 40.6 Å². The van der Waals surface area contributed by atoms with Crippen LogP contribution in [0.25, 0.3) is 33.3 Å². The molecule has 0 saturated carbocycles. The van der Waals surface area contributed by atoms with E-state index in [1.165, 1.54) is 19.2 Å².